The molecule has 2 amide bonds. The predicted octanol–water partition coefficient (Wildman–Crippen LogP) is 3.98. The van der Waals surface area contributed by atoms with Crippen molar-refractivity contribution in [2.24, 2.45) is 17.8 Å². The van der Waals surface area contributed by atoms with E-state index in [9.17, 15) is 10.1 Å². The average molecular weight is 372 g/mol. The number of urea groups is 1. The highest BCUT2D eigenvalue weighted by atomic mass is 16.2. The largest absolute Gasteiger partial charge is 0.333 e. The Morgan fingerprint density at radius 1 is 1.18 bits per heavy atom. The SMILES string of the molecule is CC1C[C@H]2NC(=O)NC2[C@@H](/C=C/c2ccc(-c3ccccc3C#N)cn2)[C@@H]1C. The second-order valence-electron chi connectivity index (χ2n) is 7.89. The van der Waals surface area contributed by atoms with Crippen molar-refractivity contribution in [3.05, 3.63) is 59.9 Å². The Balaban J connectivity index is 1.54. The van der Waals surface area contributed by atoms with Crippen molar-refractivity contribution in [2.45, 2.75) is 32.4 Å². The zero-order valence-electron chi connectivity index (χ0n) is 16.1. The first-order valence-electron chi connectivity index (χ1n) is 9.77. The van der Waals surface area contributed by atoms with Gasteiger partial charge in [0.25, 0.3) is 0 Å². The van der Waals surface area contributed by atoms with Gasteiger partial charge in [-0.05, 0) is 36.5 Å². The Kier molecular flexibility index (Phi) is 4.87. The number of fused-ring (bicyclic) bond motifs is 1. The van der Waals surface area contributed by atoms with Crippen LogP contribution in [0.3, 0.4) is 0 Å². The number of hydrogen-bond acceptors (Lipinski definition) is 3. The third kappa shape index (κ3) is 3.38. The molecule has 2 fully saturated rings. The number of pyridine rings is 1. The summed E-state index contributed by atoms with van der Waals surface area (Å²) in [6.07, 6.45) is 7.06. The number of amides is 2. The van der Waals surface area contributed by atoms with Gasteiger partial charge in [0.1, 0.15) is 0 Å². The minimum Gasteiger partial charge on any atom is -0.333 e. The lowest BCUT2D eigenvalue weighted by Gasteiger charge is -2.40. The molecule has 28 heavy (non-hydrogen) atoms. The van der Waals surface area contributed by atoms with Crippen molar-refractivity contribution < 1.29 is 4.79 Å². The van der Waals surface area contributed by atoms with Gasteiger partial charge in [0.15, 0.2) is 0 Å². The molecule has 5 atom stereocenters. The molecule has 2 aliphatic rings. The Morgan fingerprint density at radius 2 is 2.00 bits per heavy atom. The van der Waals surface area contributed by atoms with Crippen molar-refractivity contribution in [1.29, 1.82) is 5.26 Å². The molecule has 2 heterocycles. The van der Waals surface area contributed by atoms with Gasteiger partial charge in [0.2, 0.25) is 0 Å². The molecule has 2 aromatic rings. The summed E-state index contributed by atoms with van der Waals surface area (Å²) in [5.41, 5.74) is 3.34. The molecule has 2 N–H and O–H groups in total. The van der Waals surface area contributed by atoms with Crippen molar-refractivity contribution >= 4 is 12.1 Å². The van der Waals surface area contributed by atoms with E-state index in [0.717, 1.165) is 23.2 Å². The number of nitriles is 1. The molecule has 4 rings (SSSR count). The standard InChI is InChI=1S/C23H24N4O/c1-14-11-21-22(27-23(28)26-21)19(15(14)2)10-9-18-8-7-17(13-25-18)20-6-4-3-5-16(20)12-24/h3-10,13-15,19,21-22H,11H2,1-2H3,(H2,26,27,28)/b10-9+/t14?,15-,19+,21-,22?/m1/s1. The Bertz CT molecular complexity index is 944. The molecule has 0 bridgehead atoms. The van der Waals surface area contributed by atoms with Crippen molar-refractivity contribution in [2.75, 3.05) is 0 Å². The molecule has 1 aliphatic heterocycles. The number of hydrogen-bond donors (Lipinski definition) is 2. The smallest absolute Gasteiger partial charge is 0.315 e. The summed E-state index contributed by atoms with van der Waals surface area (Å²) >= 11 is 0. The van der Waals surface area contributed by atoms with E-state index < -0.39 is 0 Å². The van der Waals surface area contributed by atoms with Crippen LogP contribution >= 0.6 is 0 Å². The lowest BCUT2D eigenvalue weighted by molar-refractivity contribution is 0.165. The van der Waals surface area contributed by atoms with Crippen LogP contribution in [0.4, 0.5) is 4.79 Å². The van der Waals surface area contributed by atoms with E-state index in [2.05, 4.69) is 41.6 Å². The number of carbonyl (C=O) groups excluding carboxylic acids is 1. The fourth-order valence-corrected chi connectivity index (χ4v) is 4.44. The summed E-state index contributed by atoms with van der Waals surface area (Å²) in [7, 11) is 0. The van der Waals surface area contributed by atoms with E-state index in [-0.39, 0.29) is 24.0 Å². The lowest BCUT2D eigenvalue weighted by Crippen LogP contribution is -2.48. The van der Waals surface area contributed by atoms with Crippen LogP contribution in [0.15, 0.2) is 48.7 Å². The van der Waals surface area contributed by atoms with Crippen LogP contribution < -0.4 is 10.6 Å². The zero-order chi connectivity index (χ0) is 19.7. The van der Waals surface area contributed by atoms with Crippen molar-refractivity contribution in [3.8, 4) is 17.2 Å². The van der Waals surface area contributed by atoms with E-state index in [4.69, 9.17) is 0 Å². The first-order chi connectivity index (χ1) is 13.6. The van der Waals surface area contributed by atoms with Crippen LogP contribution in [-0.2, 0) is 0 Å². The molecule has 2 unspecified atom stereocenters. The van der Waals surface area contributed by atoms with Crippen LogP contribution in [0.2, 0.25) is 0 Å². The van der Waals surface area contributed by atoms with Crippen molar-refractivity contribution in [3.63, 3.8) is 0 Å². The fourth-order valence-electron chi connectivity index (χ4n) is 4.44. The number of benzene rings is 1. The summed E-state index contributed by atoms with van der Waals surface area (Å²) < 4.78 is 0. The maximum atomic E-state index is 11.8. The third-order valence-electron chi connectivity index (χ3n) is 6.23. The molecule has 5 heteroatoms. The van der Waals surface area contributed by atoms with Crippen LogP contribution in [0.25, 0.3) is 17.2 Å². The van der Waals surface area contributed by atoms with E-state index in [1.54, 1.807) is 0 Å². The highest BCUT2D eigenvalue weighted by Gasteiger charge is 2.44. The topological polar surface area (TPSA) is 77.8 Å². The van der Waals surface area contributed by atoms with Crippen LogP contribution in [0.1, 0.15) is 31.5 Å². The molecule has 1 aromatic heterocycles. The van der Waals surface area contributed by atoms with E-state index in [0.29, 0.717) is 17.4 Å². The lowest BCUT2D eigenvalue weighted by atomic mass is 9.69. The number of nitrogens with one attached hydrogen (secondary N) is 2. The highest BCUT2D eigenvalue weighted by molar-refractivity contribution is 5.77. The van der Waals surface area contributed by atoms with Gasteiger partial charge in [-0.15, -0.1) is 0 Å². The maximum absolute atomic E-state index is 11.8. The van der Waals surface area contributed by atoms with E-state index >= 15 is 0 Å². The monoisotopic (exact) mass is 372 g/mol. The van der Waals surface area contributed by atoms with Gasteiger partial charge < -0.3 is 10.6 Å². The number of rotatable bonds is 3. The first kappa shape index (κ1) is 18.2. The van der Waals surface area contributed by atoms with Gasteiger partial charge in [0.05, 0.1) is 29.4 Å². The molecule has 142 valence electrons. The molecular weight excluding hydrogens is 348 g/mol. The van der Waals surface area contributed by atoms with Gasteiger partial charge in [-0.25, -0.2) is 4.79 Å². The normalized spacial score (nSPS) is 29.0. The van der Waals surface area contributed by atoms with Crippen LogP contribution in [0.5, 0.6) is 0 Å². The number of carbonyl (C=O) groups is 1. The molecule has 1 aromatic carbocycles. The Morgan fingerprint density at radius 3 is 2.75 bits per heavy atom. The summed E-state index contributed by atoms with van der Waals surface area (Å²) in [4.78, 5) is 16.3. The summed E-state index contributed by atoms with van der Waals surface area (Å²) in [5, 5.41) is 15.4. The third-order valence-corrected chi connectivity index (χ3v) is 6.23. The van der Waals surface area contributed by atoms with Gasteiger partial charge in [-0.1, -0.05) is 44.2 Å². The quantitative estimate of drug-likeness (QED) is 0.855. The first-order valence-corrected chi connectivity index (χ1v) is 9.77. The highest BCUT2D eigenvalue weighted by Crippen LogP contribution is 2.37. The molecule has 0 radical (unpaired) electrons. The molecular formula is C23H24N4O. The van der Waals surface area contributed by atoms with Gasteiger partial charge in [-0.3, -0.25) is 4.98 Å². The second-order valence-corrected chi connectivity index (χ2v) is 7.89. The fraction of sp³-hybridized carbons (Fsp3) is 0.348. The van der Waals surface area contributed by atoms with Crippen molar-refractivity contribution in [1.82, 2.24) is 15.6 Å². The number of aromatic nitrogens is 1. The minimum atomic E-state index is -0.0617. The summed E-state index contributed by atoms with van der Waals surface area (Å²) in [5.74, 6) is 1.31. The van der Waals surface area contributed by atoms with E-state index in [1.807, 2.05) is 48.7 Å². The maximum Gasteiger partial charge on any atom is 0.315 e. The Hall–Kier alpha value is -3.13. The van der Waals surface area contributed by atoms with Crippen LogP contribution in [0, 0.1) is 29.1 Å². The predicted molar refractivity (Wildman–Crippen MR) is 109 cm³/mol. The zero-order valence-corrected chi connectivity index (χ0v) is 16.1. The molecule has 1 saturated heterocycles. The summed E-state index contributed by atoms with van der Waals surface area (Å²) in [6, 6.07) is 14.0. The molecule has 1 aliphatic carbocycles. The van der Waals surface area contributed by atoms with Gasteiger partial charge in [0, 0.05) is 23.2 Å². The summed E-state index contributed by atoms with van der Waals surface area (Å²) in [6.45, 7) is 4.52. The average Bonchev–Trinajstić information content (AvgIpc) is 3.08. The van der Waals surface area contributed by atoms with Gasteiger partial charge >= 0.3 is 6.03 Å². The molecule has 1 saturated carbocycles. The number of nitrogens with zero attached hydrogens (tertiary/aromatic N) is 2. The van der Waals surface area contributed by atoms with Crippen LogP contribution in [-0.4, -0.2) is 23.1 Å². The van der Waals surface area contributed by atoms with E-state index in [1.165, 1.54) is 0 Å². The van der Waals surface area contributed by atoms with Gasteiger partial charge in [-0.2, -0.15) is 5.26 Å². The molecule has 0 spiro atoms. The Labute approximate surface area is 165 Å². The second kappa shape index (κ2) is 7.47. The minimum absolute atomic E-state index is 0.0617. The molecule has 5 nitrogen and oxygen atoms in total.